The van der Waals surface area contributed by atoms with Gasteiger partial charge in [0.05, 0.1) is 5.69 Å². The fourth-order valence-corrected chi connectivity index (χ4v) is 2.78. The maximum atomic E-state index is 4.71. The van der Waals surface area contributed by atoms with Crippen molar-refractivity contribution in [3.8, 4) is 0 Å². The van der Waals surface area contributed by atoms with E-state index < -0.39 is 0 Å². The minimum absolute atomic E-state index is 1.00. The summed E-state index contributed by atoms with van der Waals surface area (Å²) in [6.07, 6.45) is 3.33. The summed E-state index contributed by atoms with van der Waals surface area (Å²) in [5.41, 5.74) is 5.34. The van der Waals surface area contributed by atoms with Crippen LogP contribution in [0.5, 0.6) is 0 Å². The quantitative estimate of drug-likeness (QED) is 0.754. The highest BCUT2D eigenvalue weighted by molar-refractivity contribution is 5.25. The van der Waals surface area contributed by atoms with Crippen LogP contribution in [0.4, 0.5) is 0 Å². The summed E-state index contributed by atoms with van der Waals surface area (Å²) < 4.78 is 2.18. The fraction of sp³-hybridized carbons (Fsp3) is 0.500. The Bertz CT molecular complexity index is 543. The molecular formula is C18H27N3. The van der Waals surface area contributed by atoms with Gasteiger partial charge in [-0.1, -0.05) is 37.3 Å². The second-order valence-corrected chi connectivity index (χ2v) is 5.57. The van der Waals surface area contributed by atoms with Crippen molar-refractivity contribution < 1.29 is 0 Å². The molecule has 1 N–H and O–H groups in total. The van der Waals surface area contributed by atoms with E-state index in [0.29, 0.717) is 0 Å². The van der Waals surface area contributed by atoms with E-state index in [2.05, 4.69) is 61.1 Å². The van der Waals surface area contributed by atoms with Crippen LogP contribution in [0.2, 0.25) is 0 Å². The van der Waals surface area contributed by atoms with E-state index in [9.17, 15) is 0 Å². The summed E-state index contributed by atoms with van der Waals surface area (Å²) in [4.78, 5) is 0. The highest BCUT2D eigenvalue weighted by atomic mass is 15.3. The Hall–Kier alpha value is -1.61. The van der Waals surface area contributed by atoms with E-state index in [1.165, 1.54) is 22.5 Å². The minimum Gasteiger partial charge on any atom is -0.317 e. The summed E-state index contributed by atoms with van der Waals surface area (Å²) in [6.45, 7) is 9.54. The van der Waals surface area contributed by atoms with Crippen molar-refractivity contribution in [3.63, 3.8) is 0 Å². The smallest absolute Gasteiger partial charge is 0.0628 e. The molecule has 2 aromatic rings. The molecule has 0 atom stereocenters. The largest absolute Gasteiger partial charge is 0.317 e. The third-order valence-electron chi connectivity index (χ3n) is 4.01. The van der Waals surface area contributed by atoms with Crippen LogP contribution < -0.4 is 5.32 Å². The first-order chi connectivity index (χ1) is 10.2. The first kappa shape index (κ1) is 15.8. The number of nitrogens with one attached hydrogen (secondary N) is 1. The number of hydrogen-bond donors (Lipinski definition) is 1. The van der Waals surface area contributed by atoms with Gasteiger partial charge in [0.25, 0.3) is 0 Å². The van der Waals surface area contributed by atoms with E-state index in [4.69, 9.17) is 5.10 Å². The highest BCUT2D eigenvalue weighted by Gasteiger charge is 2.10. The van der Waals surface area contributed by atoms with Crippen LogP contribution >= 0.6 is 0 Å². The molecule has 0 radical (unpaired) electrons. The third kappa shape index (κ3) is 4.43. The van der Waals surface area contributed by atoms with Gasteiger partial charge >= 0.3 is 0 Å². The van der Waals surface area contributed by atoms with Crippen LogP contribution in [0.25, 0.3) is 0 Å². The standard InChI is InChI=1S/C18H27N3/c1-4-19-13-12-18-15(2)20-21(16(18)3)14-8-11-17-9-6-5-7-10-17/h5-7,9-10,19H,4,8,11-14H2,1-3H3. The highest BCUT2D eigenvalue weighted by Crippen LogP contribution is 2.14. The molecule has 0 saturated heterocycles. The van der Waals surface area contributed by atoms with Crippen LogP contribution in [0.15, 0.2) is 30.3 Å². The molecule has 1 aromatic heterocycles. The van der Waals surface area contributed by atoms with Gasteiger partial charge in [-0.25, -0.2) is 0 Å². The van der Waals surface area contributed by atoms with Gasteiger partial charge in [0.15, 0.2) is 0 Å². The molecule has 114 valence electrons. The van der Waals surface area contributed by atoms with Crippen molar-refractivity contribution in [2.45, 2.75) is 46.6 Å². The number of benzene rings is 1. The van der Waals surface area contributed by atoms with Crippen molar-refractivity contribution in [2.24, 2.45) is 0 Å². The fourth-order valence-electron chi connectivity index (χ4n) is 2.78. The van der Waals surface area contributed by atoms with Crippen LogP contribution in [-0.4, -0.2) is 22.9 Å². The summed E-state index contributed by atoms with van der Waals surface area (Å²) >= 11 is 0. The lowest BCUT2D eigenvalue weighted by molar-refractivity contribution is 0.561. The predicted molar refractivity (Wildman–Crippen MR) is 88.7 cm³/mol. The van der Waals surface area contributed by atoms with Gasteiger partial charge in [0.2, 0.25) is 0 Å². The first-order valence-electron chi connectivity index (χ1n) is 8.00. The molecule has 0 bridgehead atoms. The first-order valence-corrected chi connectivity index (χ1v) is 8.00. The van der Waals surface area contributed by atoms with Gasteiger partial charge in [-0.05, 0) is 57.3 Å². The van der Waals surface area contributed by atoms with Crippen molar-refractivity contribution in [2.75, 3.05) is 13.1 Å². The molecule has 21 heavy (non-hydrogen) atoms. The molecule has 3 nitrogen and oxygen atoms in total. The van der Waals surface area contributed by atoms with Gasteiger partial charge in [0, 0.05) is 12.2 Å². The molecule has 2 rings (SSSR count). The Morgan fingerprint density at radius 1 is 1.10 bits per heavy atom. The molecule has 3 heteroatoms. The molecule has 0 spiro atoms. The van der Waals surface area contributed by atoms with Crippen LogP contribution in [0, 0.1) is 13.8 Å². The molecule has 0 fully saturated rings. The zero-order valence-corrected chi connectivity index (χ0v) is 13.5. The van der Waals surface area contributed by atoms with Gasteiger partial charge in [0.1, 0.15) is 0 Å². The van der Waals surface area contributed by atoms with Gasteiger partial charge < -0.3 is 5.32 Å². The molecule has 0 unspecified atom stereocenters. The number of likely N-dealkylation sites (N-methyl/N-ethyl adjacent to an activating group) is 1. The van der Waals surface area contributed by atoms with Crippen LogP contribution in [0.3, 0.4) is 0 Å². The van der Waals surface area contributed by atoms with Gasteiger partial charge in [-0.2, -0.15) is 5.10 Å². The number of nitrogens with zero attached hydrogens (tertiary/aromatic N) is 2. The minimum atomic E-state index is 1.00. The number of hydrogen-bond acceptors (Lipinski definition) is 2. The molecule has 0 amide bonds. The Morgan fingerprint density at radius 2 is 1.86 bits per heavy atom. The molecule has 1 aromatic carbocycles. The number of rotatable bonds is 8. The van der Waals surface area contributed by atoms with E-state index in [1.807, 2.05) is 0 Å². The molecule has 0 aliphatic carbocycles. The average Bonchev–Trinajstić information content (AvgIpc) is 2.76. The Labute approximate surface area is 128 Å². The second kappa shape index (κ2) is 7.99. The molecule has 0 aliphatic heterocycles. The summed E-state index contributed by atoms with van der Waals surface area (Å²) in [5.74, 6) is 0. The maximum absolute atomic E-state index is 4.71. The Kier molecular flexibility index (Phi) is 6.00. The lowest BCUT2D eigenvalue weighted by atomic mass is 10.1. The maximum Gasteiger partial charge on any atom is 0.0628 e. The lowest BCUT2D eigenvalue weighted by Crippen LogP contribution is -2.16. The number of aryl methyl sites for hydroxylation is 3. The Balaban J connectivity index is 1.90. The zero-order valence-electron chi connectivity index (χ0n) is 13.5. The normalized spacial score (nSPS) is 11.0. The average molecular weight is 285 g/mol. The summed E-state index contributed by atoms with van der Waals surface area (Å²) in [5, 5.41) is 8.10. The van der Waals surface area contributed by atoms with Crippen molar-refractivity contribution in [1.29, 1.82) is 0 Å². The summed E-state index contributed by atoms with van der Waals surface area (Å²) in [6, 6.07) is 10.7. The van der Waals surface area contributed by atoms with Crippen molar-refractivity contribution in [1.82, 2.24) is 15.1 Å². The third-order valence-corrected chi connectivity index (χ3v) is 4.01. The van der Waals surface area contributed by atoms with Crippen molar-refractivity contribution in [3.05, 3.63) is 52.8 Å². The van der Waals surface area contributed by atoms with E-state index in [0.717, 1.165) is 38.9 Å². The van der Waals surface area contributed by atoms with Gasteiger partial charge in [-0.15, -0.1) is 0 Å². The molecule has 0 saturated carbocycles. The molecule has 0 aliphatic rings. The molecule has 1 heterocycles. The van der Waals surface area contributed by atoms with Crippen LogP contribution in [-0.2, 0) is 19.4 Å². The van der Waals surface area contributed by atoms with Crippen LogP contribution in [0.1, 0.15) is 35.9 Å². The topological polar surface area (TPSA) is 29.9 Å². The monoisotopic (exact) mass is 285 g/mol. The van der Waals surface area contributed by atoms with E-state index in [1.54, 1.807) is 0 Å². The van der Waals surface area contributed by atoms with Crippen molar-refractivity contribution >= 4 is 0 Å². The van der Waals surface area contributed by atoms with E-state index >= 15 is 0 Å². The van der Waals surface area contributed by atoms with E-state index in [-0.39, 0.29) is 0 Å². The lowest BCUT2D eigenvalue weighted by Gasteiger charge is -2.06. The molecular weight excluding hydrogens is 258 g/mol. The Morgan fingerprint density at radius 3 is 2.57 bits per heavy atom. The second-order valence-electron chi connectivity index (χ2n) is 5.57. The SMILES string of the molecule is CCNCCc1c(C)nn(CCCc2ccccc2)c1C. The zero-order chi connectivity index (χ0) is 15.1. The number of aromatic nitrogens is 2. The summed E-state index contributed by atoms with van der Waals surface area (Å²) in [7, 11) is 0. The van der Waals surface area contributed by atoms with Gasteiger partial charge in [-0.3, -0.25) is 4.68 Å². The predicted octanol–water partition coefficient (Wildman–Crippen LogP) is 3.28.